The summed E-state index contributed by atoms with van der Waals surface area (Å²) in [5.41, 5.74) is 4.74. The Labute approximate surface area is 125 Å². The van der Waals surface area contributed by atoms with Crippen LogP contribution in [0.15, 0.2) is 18.2 Å². The van der Waals surface area contributed by atoms with Crippen LogP contribution >= 0.6 is 0 Å². The van der Waals surface area contributed by atoms with Gasteiger partial charge >= 0.3 is 0 Å². The lowest BCUT2D eigenvalue weighted by Crippen LogP contribution is -2.28. The van der Waals surface area contributed by atoms with Crippen LogP contribution in [0.25, 0.3) is 0 Å². The smallest absolute Gasteiger partial charge is 0.00204 e. The third-order valence-corrected chi connectivity index (χ3v) is 4.71. The van der Waals surface area contributed by atoms with Gasteiger partial charge in [-0.05, 0) is 73.2 Å². The van der Waals surface area contributed by atoms with Crippen molar-refractivity contribution in [2.24, 2.45) is 17.8 Å². The molecule has 1 aliphatic rings. The Morgan fingerprint density at radius 1 is 0.950 bits per heavy atom. The molecule has 20 heavy (non-hydrogen) atoms. The molecule has 2 rings (SSSR count). The van der Waals surface area contributed by atoms with Gasteiger partial charge in [-0.15, -0.1) is 0 Å². The first-order chi connectivity index (χ1) is 9.56. The normalized spacial score (nSPS) is 17.2. The highest BCUT2D eigenvalue weighted by Gasteiger charge is 2.15. The van der Waals surface area contributed by atoms with Crippen LogP contribution in [0.2, 0.25) is 0 Å². The van der Waals surface area contributed by atoms with Crippen molar-refractivity contribution in [2.45, 2.75) is 53.4 Å². The van der Waals surface area contributed by atoms with Gasteiger partial charge in [0.05, 0.1) is 0 Å². The second-order valence-corrected chi connectivity index (χ2v) is 7.17. The lowest BCUT2D eigenvalue weighted by Gasteiger charge is -2.21. The van der Waals surface area contributed by atoms with Gasteiger partial charge in [0.1, 0.15) is 0 Å². The molecule has 0 saturated heterocycles. The Morgan fingerprint density at radius 3 is 2.45 bits per heavy atom. The van der Waals surface area contributed by atoms with Crippen molar-refractivity contribution < 1.29 is 0 Å². The maximum atomic E-state index is 3.59. The third-order valence-electron chi connectivity index (χ3n) is 4.71. The van der Waals surface area contributed by atoms with Crippen molar-refractivity contribution in [3.63, 3.8) is 0 Å². The van der Waals surface area contributed by atoms with Crippen LogP contribution < -0.4 is 5.32 Å². The molecule has 0 heterocycles. The number of fused-ring (bicyclic) bond motifs is 1. The van der Waals surface area contributed by atoms with E-state index in [-0.39, 0.29) is 0 Å². The van der Waals surface area contributed by atoms with Crippen LogP contribution in [0.3, 0.4) is 0 Å². The maximum Gasteiger partial charge on any atom is -0.00204 e. The fourth-order valence-corrected chi connectivity index (χ4v) is 3.13. The van der Waals surface area contributed by atoms with Gasteiger partial charge in [-0.3, -0.25) is 0 Å². The summed E-state index contributed by atoms with van der Waals surface area (Å²) in [5.74, 6) is 2.23. The summed E-state index contributed by atoms with van der Waals surface area (Å²) < 4.78 is 0. The summed E-state index contributed by atoms with van der Waals surface area (Å²) in [5, 5.41) is 3.59. The highest BCUT2D eigenvalue weighted by atomic mass is 14.9. The van der Waals surface area contributed by atoms with Crippen molar-refractivity contribution in [1.82, 2.24) is 5.32 Å². The molecule has 1 aromatic carbocycles. The van der Waals surface area contributed by atoms with E-state index in [2.05, 4.69) is 51.2 Å². The monoisotopic (exact) mass is 273 g/mol. The fourth-order valence-electron chi connectivity index (χ4n) is 3.13. The van der Waals surface area contributed by atoms with E-state index in [9.17, 15) is 0 Å². The van der Waals surface area contributed by atoms with Gasteiger partial charge in [0.25, 0.3) is 0 Å². The molecular weight excluding hydrogens is 242 g/mol. The van der Waals surface area contributed by atoms with Crippen molar-refractivity contribution in [3.05, 3.63) is 34.9 Å². The van der Waals surface area contributed by atoms with E-state index >= 15 is 0 Å². The average molecular weight is 273 g/mol. The molecule has 0 aromatic heterocycles. The topological polar surface area (TPSA) is 12.0 Å². The largest absolute Gasteiger partial charge is 0.316 e. The van der Waals surface area contributed by atoms with E-state index in [4.69, 9.17) is 0 Å². The quantitative estimate of drug-likeness (QED) is 0.783. The number of hydrogen-bond acceptors (Lipinski definition) is 1. The summed E-state index contributed by atoms with van der Waals surface area (Å²) in [7, 11) is 0. The van der Waals surface area contributed by atoms with Crippen LogP contribution in [0.5, 0.6) is 0 Å². The Kier molecular flexibility index (Phi) is 5.65. The Hall–Kier alpha value is -0.820. The first kappa shape index (κ1) is 15.6. The number of aryl methyl sites for hydroxylation is 2. The van der Waals surface area contributed by atoms with Gasteiger partial charge in [-0.1, -0.05) is 45.9 Å². The van der Waals surface area contributed by atoms with Crippen LogP contribution in [-0.2, 0) is 19.3 Å². The van der Waals surface area contributed by atoms with Crippen molar-refractivity contribution in [1.29, 1.82) is 0 Å². The molecule has 1 aliphatic carbocycles. The Morgan fingerprint density at radius 2 is 1.70 bits per heavy atom. The molecule has 2 atom stereocenters. The summed E-state index contributed by atoms with van der Waals surface area (Å²) in [6.45, 7) is 11.6. The molecule has 1 nitrogen and oxygen atoms in total. The molecule has 1 heteroatoms. The molecule has 0 fully saturated rings. The van der Waals surface area contributed by atoms with Gasteiger partial charge in [-0.2, -0.15) is 0 Å². The minimum atomic E-state index is 0.738. The predicted octanol–water partition coefficient (Wildman–Crippen LogP) is 4.24. The first-order valence-corrected chi connectivity index (χ1v) is 8.37. The zero-order chi connectivity index (χ0) is 14.5. The van der Waals surface area contributed by atoms with E-state index in [0.29, 0.717) is 0 Å². The zero-order valence-electron chi connectivity index (χ0n) is 13.7. The van der Waals surface area contributed by atoms with Crippen molar-refractivity contribution in [3.8, 4) is 0 Å². The summed E-state index contributed by atoms with van der Waals surface area (Å²) in [4.78, 5) is 0. The predicted molar refractivity (Wildman–Crippen MR) is 88.2 cm³/mol. The van der Waals surface area contributed by atoms with E-state index < -0.39 is 0 Å². The molecule has 2 unspecified atom stereocenters. The second-order valence-electron chi connectivity index (χ2n) is 7.17. The van der Waals surface area contributed by atoms with E-state index in [1.165, 1.54) is 31.2 Å². The first-order valence-electron chi connectivity index (χ1n) is 8.37. The van der Waals surface area contributed by atoms with E-state index in [1.54, 1.807) is 11.1 Å². The fraction of sp³-hybridized carbons (Fsp3) is 0.684. The number of benzene rings is 1. The van der Waals surface area contributed by atoms with Crippen LogP contribution in [0.4, 0.5) is 0 Å². The number of hydrogen-bond donors (Lipinski definition) is 1. The zero-order valence-corrected chi connectivity index (χ0v) is 13.7. The molecule has 1 aromatic rings. The highest BCUT2D eigenvalue weighted by Crippen LogP contribution is 2.25. The Balaban J connectivity index is 1.82. The molecule has 1 N–H and O–H groups in total. The summed E-state index contributed by atoms with van der Waals surface area (Å²) in [6.07, 6.45) is 5.16. The standard InChI is InChI=1S/C19H31N/c1-14(2)12-20-13-16(4)15(3)10-17-8-9-18-6-5-7-19(18)11-17/h8-9,11,14-16,20H,5-7,10,12-13H2,1-4H3. The van der Waals surface area contributed by atoms with Gasteiger partial charge in [0, 0.05) is 0 Å². The third kappa shape index (κ3) is 4.34. The average Bonchev–Trinajstić information content (AvgIpc) is 2.85. The van der Waals surface area contributed by atoms with E-state index in [1.807, 2.05) is 0 Å². The summed E-state index contributed by atoms with van der Waals surface area (Å²) in [6, 6.07) is 7.19. The minimum Gasteiger partial charge on any atom is -0.316 e. The molecule has 0 amide bonds. The molecule has 0 saturated carbocycles. The van der Waals surface area contributed by atoms with Gasteiger partial charge in [0.2, 0.25) is 0 Å². The van der Waals surface area contributed by atoms with Gasteiger partial charge in [0.15, 0.2) is 0 Å². The van der Waals surface area contributed by atoms with Crippen molar-refractivity contribution >= 4 is 0 Å². The number of rotatable bonds is 7. The maximum absolute atomic E-state index is 3.59. The van der Waals surface area contributed by atoms with Crippen LogP contribution in [0.1, 0.15) is 50.8 Å². The molecule has 0 radical (unpaired) electrons. The number of nitrogens with one attached hydrogen (secondary N) is 1. The highest BCUT2D eigenvalue weighted by molar-refractivity contribution is 5.35. The molecular formula is C19H31N. The second kappa shape index (κ2) is 7.26. The molecule has 0 bridgehead atoms. The van der Waals surface area contributed by atoms with Gasteiger partial charge in [-0.25, -0.2) is 0 Å². The lowest BCUT2D eigenvalue weighted by molar-refractivity contribution is 0.357. The SMILES string of the molecule is CC(C)CNCC(C)C(C)Cc1ccc2c(c1)CCC2. The van der Waals surface area contributed by atoms with Crippen LogP contribution in [-0.4, -0.2) is 13.1 Å². The van der Waals surface area contributed by atoms with E-state index in [0.717, 1.165) is 30.8 Å². The van der Waals surface area contributed by atoms with Crippen LogP contribution in [0, 0.1) is 17.8 Å². The van der Waals surface area contributed by atoms with Crippen molar-refractivity contribution in [2.75, 3.05) is 13.1 Å². The Bertz CT molecular complexity index is 422. The molecule has 0 aliphatic heterocycles. The molecule has 0 spiro atoms. The van der Waals surface area contributed by atoms with Gasteiger partial charge < -0.3 is 5.32 Å². The summed E-state index contributed by atoms with van der Waals surface area (Å²) >= 11 is 0. The molecule has 112 valence electrons. The minimum absolute atomic E-state index is 0.738. The lowest BCUT2D eigenvalue weighted by atomic mass is 9.88.